The highest BCUT2D eigenvalue weighted by Crippen LogP contribution is 2.23. The van der Waals surface area contributed by atoms with Gasteiger partial charge in [-0.05, 0) is 43.3 Å². The predicted octanol–water partition coefficient (Wildman–Crippen LogP) is 3.16. The lowest BCUT2D eigenvalue weighted by molar-refractivity contribution is -0.134. The standard InChI is InChI=1S/C21H24N2O5/c1-2-26-21(25)23-14-12-22(13-15-23)20(24)16-27-17-8-10-19(11-9-17)28-18-6-4-3-5-7-18/h3-11H,2,12-16H2,1H3. The summed E-state index contributed by atoms with van der Waals surface area (Å²) >= 11 is 0. The minimum Gasteiger partial charge on any atom is -0.484 e. The number of nitrogens with zero attached hydrogens (tertiary/aromatic N) is 2. The second-order valence-corrected chi connectivity index (χ2v) is 6.24. The van der Waals surface area contributed by atoms with Crippen LogP contribution in [0.4, 0.5) is 4.79 Å². The highest BCUT2D eigenvalue weighted by molar-refractivity contribution is 5.78. The van der Waals surface area contributed by atoms with E-state index in [1.165, 1.54) is 0 Å². The molecule has 2 aromatic carbocycles. The summed E-state index contributed by atoms with van der Waals surface area (Å²) in [5.74, 6) is 1.94. The van der Waals surface area contributed by atoms with Crippen molar-refractivity contribution in [2.24, 2.45) is 0 Å². The van der Waals surface area contributed by atoms with E-state index in [1.54, 1.807) is 41.0 Å². The molecule has 7 heteroatoms. The molecule has 1 fully saturated rings. The zero-order valence-corrected chi connectivity index (χ0v) is 15.9. The lowest BCUT2D eigenvalue weighted by Crippen LogP contribution is -2.51. The van der Waals surface area contributed by atoms with Crippen LogP contribution in [0.2, 0.25) is 0 Å². The lowest BCUT2D eigenvalue weighted by atomic mass is 10.3. The minimum atomic E-state index is -0.330. The summed E-state index contributed by atoms with van der Waals surface area (Å²) < 4.78 is 16.3. The van der Waals surface area contributed by atoms with Crippen molar-refractivity contribution in [3.8, 4) is 17.2 Å². The molecule has 28 heavy (non-hydrogen) atoms. The van der Waals surface area contributed by atoms with Gasteiger partial charge in [0.1, 0.15) is 17.2 Å². The van der Waals surface area contributed by atoms with Gasteiger partial charge in [0.05, 0.1) is 6.61 Å². The Labute approximate surface area is 164 Å². The molecule has 148 valence electrons. The molecule has 0 aliphatic carbocycles. The second kappa shape index (κ2) is 9.64. The number of hydrogen-bond acceptors (Lipinski definition) is 5. The zero-order valence-electron chi connectivity index (χ0n) is 15.9. The number of hydrogen-bond donors (Lipinski definition) is 0. The molecule has 2 aromatic rings. The van der Waals surface area contributed by atoms with Crippen LogP contribution in [0.3, 0.4) is 0 Å². The molecule has 0 atom stereocenters. The van der Waals surface area contributed by atoms with Crippen molar-refractivity contribution in [3.05, 3.63) is 54.6 Å². The smallest absolute Gasteiger partial charge is 0.409 e. The molecule has 2 amide bonds. The van der Waals surface area contributed by atoms with Gasteiger partial charge in [-0.1, -0.05) is 18.2 Å². The Bertz CT molecular complexity index is 771. The number of piperazine rings is 1. The van der Waals surface area contributed by atoms with Gasteiger partial charge >= 0.3 is 6.09 Å². The molecule has 0 saturated carbocycles. The number of benzene rings is 2. The first kappa shape index (κ1) is 19.5. The fraction of sp³-hybridized carbons (Fsp3) is 0.333. The summed E-state index contributed by atoms with van der Waals surface area (Å²) in [5.41, 5.74) is 0. The Hall–Kier alpha value is -3.22. The summed E-state index contributed by atoms with van der Waals surface area (Å²) in [7, 11) is 0. The van der Waals surface area contributed by atoms with Gasteiger partial charge in [0.15, 0.2) is 6.61 Å². The van der Waals surface area contributed by atoms with Crippen molar-refractivity contribution in [2.45, 2.75) is 6.92 Å². The van der Waals surface area contributed by atoms with E-state index in [2.05, 4.69) is 0 Å². The molecule has 0 bridgehead atoms. The quantitative estimate of drug-likeness (QED) is 0.765. The third kappa shape index (κ3) is 5.39. The van der Waals surface area contributed by atoms with Crippen LogP contribution in [0.25, 0.3) is 0 Å². The Kier molecular flexibility index (Phi) is 6.73. The molecule has 0 aromatic heterocycles. The van der Waals surface area contributed by atoms with Crippen LogP contribution in [-0.4, -0.2) is 61.2 Å². The number of amides is 2. The molecule has 1 aliphatic rings. The molecule has 7 nitrogen and oxygen atoms in total. The van der Waals surface area contributed by atoms with Crippen molar-refractivity contribution in [3.63, 3.8) is 0 Å². The van der Waals surface area contributed by atoms with E-state index in [1.807, 2.05) is 30.3 Å². The SMILES string of the molecule is CCOC(=O)N1CCN(C(=O)COc2ccc(Oc3ccccc3)cc2)CC1. The maximum absolute atomic E-state index is 12.3. The van der Waals surface area contributed by atoms with E-state index in [0.717, 1.165) is 5.75 Å². The monoisotopic (exact) mass is 384 g/mol. The van der Waals surface area contributed by atoms with Crippen LogP contribution in [0.5, 0.6) is 17.2 Å². The Morgan fingerprint density at radius 3 is 2.04 bits per heavy atom. The van der Waals surface area contributed by atoms with Crippen molar-refractivity contribution in [1.82, 2.24) is 9.80 Å². The average molecular weight is 384 g/mol. The van der Waals surface area contributed by atoms with Gasteiger partial charge in [-0.2, -0.15) is 0 Å². The first-order valence-electron chi connectivity index (χ1n) is 9.31. The van der Waals surface area contributed by atoms with Crippen LogP contribution in [0.1, 0.15) is 6.92 Å². The van der Waals surface area contributed by atoms with Crippen molar-refractivity contribution in [2.75, 3.05) is 39.4 Å². The molecule has 0 spiro atoms. The molecular weight excluding hydrogens is 360 g/mol. The fourth-order valence-electron chi connectivity index (χ4n) is 2.82. The summed E-state index contributed by atoms with van der Waals surface area (Å²) in [5, 5.41) is 0. The maximum Gasteiger partial charge on any atom is 0.409 e. The molecule has 0 N–H and O–H groups in total. The van der Waals surface area contributed by atoms with Crippen LogP contribution < -0.4 is 9.47 Å². The molecule has 1 heterocycles. The Balaban J connectivity index is 1.43. The third-order valence-electron chi connectivity index (χ3n) is 4.32. The third-order valence-corrected chi connectivity index (χ3v) is 4.32. The number of carbonyl (C=O) groups is 2. The van der Waals surface area contributed by atoms with E-state index in [-0.39, 0.29) is 18.6 Å². The maximum atomic E-state index is 12.3. The first-order chi connectivity index (χ1) is 13.7. The van der Waals surface area contributed by atoms with E-state index in [0.29, 0.717) is 44.3 Å². The van der Waals surface area contributed by atoms with Crippen LogP contribution in [-0.2, 0) is 9.53 Å². The molecule has 1 aliphatic heterocycles. The summed E-state index contributed by atoms with van der Waals surface area (Å²) in [4.78, 5) is 27.3. The lowest BCUT2D eigenvalue weighted by Gasteiger charge is -2.33. The minimum absolute atomic E-state index is 0.0434. The van der Waals surface area contributed by atoms with Gasteiger partial charge in [0.2, 0.25) is 0 Å². The molecule has 1 saturated heterocycles. The van der Waals surface area contributed by atoms with Crippen molar-refractivity contribution < 1.29 is 23.8 Å². The highest BCUT2D eigenvalue weighted by Gasteiger charge is 2.24. The molecule has 3 rings (SSSR count). The number of rotatable bonds is 6. The van der Waals surface area contributed by atoms with Crippen molar-refractivity contribution in [1.29, 1.82) is 0 Å². The van der Waals surface area contributed by atoms with Crippen molar-refractivity contribution >= 4 is 12.0 Å². The fourth-order valence-corrected chi connectivity index (χ4v) is 2.82. The van der Waals surface area contributed by atoms with E-state index in [9.17, 15) is 9.59 Å². The van der Waals surface area contributed by atoms with Gasteiger partial charge in [-0.15, -0.1) is 0 Å². The van der Waals surface area contributed by atoms with Gasteiger partial charge in [-0.25, -0.2) is 4.79 Å². The van der Waals surface area contributed by atoms with Gasteiger partial charge < -0.3 is 24.0 Å². The van der Waals surface area contributed by atoms with E-state index in [4.69, 9.17) is 14.2 Å². The first-order valence-corrected chi connectivity index (χ1v) is 9.31. The Morgan fingerprint density at radius 2 is 1.39 bits per heavy atom. The molecule has 0 unspecified atom stereocenters. The summed E-state index contributed by atoms with van der Waals surface area (Å²) in [6.45, 7) is 3.97. The topological polar surface area (TPSA) is 68.3 Å². The second-order valence-electron chi connectivity index (χ2n) is 6.24. The van der Waals surface area contributed by atoms with Crippen LogP contribution in [0, 0.1) is 0 Å². The normalized spacial score (nSPS) is 13.8. The summed E-state index contributed by atoms with van der Waals surface area (Å²) in [6, 6.07) is 16.6. The number of carbonyl (C=O) groups excluding carboxylic acids is 2. The number of para-hydroxylation sites is 1. The predicted molar refractivity (Wildman–Crippen MR) is 104 cm³/mol. The average Bonchev–Trinajstić information content (AvgIpc) is 2.74. The zero-order chi connectivity index (χ0) is 19.8. The largest absolute Gasteiger partial charge is 0.484 e. The van der Waals surface area contributed by atoms with E-state index >= 15 is 0 Å². The highest BCUT2D eigenvalue weighted by atomic mass is 16.6. The summed E-state index contributed by atoms with van der Waals surface area (Å²) in [6.07, 6.45) is -0.330. The van der Waals surface area contributed by atoms with Gasteiger partial charge in [0, 0.05) is 26.2 Å². The molecular formula is C21H24N2O5. The Morgan fingerprint density at radius 1 is 0.821 bits per heavy atom. The van der Waals surface area contributed by atoms with Gasteiger partial charge in [-0.3, -0.25) is 4.79 Å². The van der Waals surface area contributed by atoms with Crippen LogP contribution in [0.15, 0.2) is 54.6 Å². The van der Waals surface area contributed by atoms with Crippen LogP contribution >= 0.6 is 0 Å². The number of ether oxygens (including phenoxy) is 3. The van der Waals surface area contributed by atoms with Gasteiger partial charge in [0.25, 0.3) is 5.91 Å². The van der Waals surface area contributed by atoms with E-state index < -0.39 is 0 Å². The molecule has 0 radical (unpaired) electrons.